The number of fused-ring (bicyclic) bond motifs is 1. The Labute approximate surface area is 155 Å². The monoisotopic (exact) mass is 371 g/mol. The lowest BCUT2D eigenvalue weighted by molar-refractivity contribution is -0.104. The van der Waals surface area contributed by atoms with Crippen LogP contribution in [0.3, 0.4) is 0 Å². The van der Waals surface area contributed by atoms with Gasteiger partial charge in [0, 0.05) is 29.4 Å². The lowest BCUT2D eigenvalue weighted by Gasteiger charge is -2.13. The quantitative estimate of drug-likeness (QED) is 0.389. The van der Waals surface area contributed by atoms with Crippen molar-refractivity contribution in [3.05, 3.63) is 47.0 Å². The molecule has 0 saturated carbocycles. The summed E-state index contributed by atoms with van der Waals surface area (Å²) in [6.07, 6.45) is 0.285. The highest BCUT2D eigenvalue weighted by Gasteiger charge is 2.20. The van der Waals surface area contributed by atoms with E-state index in [1.165, 1.54) is 0 Å². The van der Waals surface area contributed by atoms with Gasteiger partial charge in [-0.2, -0.15) is 0 Å². The summed E-state index contributed by atoms with van der Waals surface area (Å²) in [4.78, 5) is 29.8. The molecule has 1 N–H and O–H groups in total. The zero-order chi connectivity index (χ0) is 18.7. The molecule has 0 fully saturated rings. The van der Waals surface area contributed by atoms with E-state index in [-0.39, 0.29) is 17.4 Å². The van der Waals surface area contributed by atoms with E-state index in [1.54, 1.807) is 30.3 Å². The average Bonchev–Trinajstić information content (AvgIpc) is 3.04. The Kier molecular flexibility index (Phi) is 5.35. The maximum Gasteiger partial charge on any atom is 0.231 e. The van der Waals surface area contributed by atoms with Crippen molar-refractivity contribution >= 4 is 40.5 Å². The van der Waals surface area contributed by atoms with Crippen LogP contribution in [-0.4, -0.2) is 49.1 Å². The SMILES string of the molecule is CN(C)CCNc1ccc2nc(-c3cccc(Cl)c3)oc2c1C(=O)C=O. The molecule has 0 spiro atoms. The second kappa shape index (κ2) is 7.68. The maximum atomic E-state index is 12.2. The molecule has 7 heteroatoms. The second-order valence-corrected chi connectivity index (χ2v) is 6.51. The third-order valence-corrected chi connectivity index (χ3v) is 4.09. The molecule has 26 heavy (non-hydrogen) atoms. The van der Waals surface area contributed by atoms with Crippen molar-refractivity contribution in [2.75, 3.05) is 32.5 Å². The molecule has 0 radical (unpaired) electrons. The normalized spacial score (nSPS) is 11.1. The first kappa shape index (κ1) is 18.1. The van der Waals surface area contributed by atoms with E-state index in [0.717, 1.165) is 6.54 Å². The van der Waals surface area contributed by atoms with E-state index in [9.17, 15) is 9.59 Å². The number of carbonyl (C=O) groups is 2. The Morgan fingerprint density at radius 2 is 2.12 bits per heavy atom. The first-order valence-electron chi connectivity index (χ1n) is 8.07. The topological polar surface area (TPSA) is 75.4 Å². The number of ketones is 1. The fraction of sp³-hybridized carbons (Fsp3) is 0.211. The van der Waals surface area contributed by atoms with Crippen molar-refractivity contribution < 1.29 is 14.0 Å². The van der Waals surface area contributed by atoms with E-state index in [2.05, 4.69) is 10.3 Å². The third-order valence-electron chi connectivity index (χ3n) is 3.86. The smallest absolute Gasteiger partial charge is 0.231 e. The number of aldehydes is 1. The Morgan fingerprint density at radius 1 is 1.31 bits per heavy atom. The zero-order valence-corrected chi connectivity index (χ0v) is 15.2. The molecule has 1 heterocycles. The first-order chi connectivity index (χ1) is 12.5. The minimum Gasteiger partial charge on any atom is -0.435 e. The van der Waals surface area contributed by atoms with Gasteiger partial charge in [-0.25, -0.2) is 4.98 Å². The van der Waals surface area contributed by atoms with Gasteiger partial charge in [0.1, 0.15) is 5.52 Å². The van der Waals surface area contributed by atoms with Crippen LogP contribution in [0.1, 0.15) is 10.4 Å². The van der Waals surface area contributed by atoms with Crippen molar-refractivity contribution in [3.63, 3.8) is 0 Å². The lowest BCUT2D eigenvalue weighted by atomic mass is 10.1. The Balaban J connectivity index is 2.07. The highest BCUT2D eigenvalue weighted by atomic mass is 35.5. The van der Waals surface area contributed by atoms with Gasteiger partial charge < -0.3 is 14.6 Å². The van der Waals surface area contributed by atoms with Crippen LogP contribution in [0.2, 0.25) is 5.02 Å². The molecule has 134 valence electrons. The van der Waals surface area contributed by atoms with E-state index >= 15 is 0 Å². The van der Waals surface area contributed by atoms with Crippen LogP contribution in [0.25, 0.3) is 22.6 Å². The van der Waals surface area contributed by atoms with Crippen LogP contribution in [-0.2, 0) is 4.79 Å². The number of halogens is 1. The summed E-state index contributed by atoms with van der Waals surface area (Å²) in [6.45, 7) is 1.39. The number of anilines is 1. The number of Topliss-reactive ketones (excluding diaryl/α,β-unsaturated/α-hetero) is 1. The molecular formula is C19H18ClN3O3. The van der Waals surface area contributed by atoms with Crippen molar-refractivity contribution in [3.8, 4) is 11.5 Å². The molecule has 0 aliphatic rings. The molecule has 0 saturated heterocycles. The summed E-state index contributed by atoms with van der Waals surface area (Å²) in [5.74, 6) is -0.315. The van der Waals surface area contributed by atoms with Gasteiger partial charge in [0.25, 0.3) is 0 Å². The van der Waals surface area contributed by atoms with E-state index in [4.69, 9.17) is 16.0 Å². The number of rotatable bonds is 7. The fourth-order valence-electron chi connectivity index (χ4n) is 2.60. The molecule has 3 aromatic rings. The zero-order valence-electron chi connectivity index (χ0n) is 14.5. The van der Waals surface area contributed by atoms with E-state index in [1.807, 2.05) is 25.1 Å². The molecule has 0 aliphatic carbocycles. The number of hydrogen-bond acceptors (Lipinski definition) is 6. The van der Waals surface area contributed by atoms with Gasteiger partial charge in [0.05, 0.1) is 5.56 Å². The summed E-state index contributed by atoms with van der Waals surface area (Å²) in [5.41, 5.74) is 2.22. The molecule has 2 aromatic carbocycles. The highest BCUT2D eigenvalue weighted by molar-refractivity contribution is 6.37. The molecule has 1 aromatic heterocycles. The van der Waals surface area contributed by atoms with Crippen LogP contribution in [0.4, 0.5) is 5.69 Å². The highest BCUT2D eigenvalue weighted by Crippen LogP contribution is 2.31. The fourth-order valence-corrected chi connectivity index (χ4v) is 2.79. The molecule has 0 bridgehead atoms. The van der Waals surface area contributed by atoms with Gasteiger partial charge in [0.2, 0.25) is 11.7 Å². The van der Waals surface area contributed by atoms with E-state index in [0.29, 0.717) is 34.2 Å². The largest absolute Gasteiger partial charge is 0.435 e. The molecule has 6 nitrogen and oxygen atoms in total. The minimum absolute atomic E-state index is 0.192. The number of carbonyl (C=O) groups excluding carboxylic acids is 2. The van der Waals surface area contributed by atoms with Crippen molar-refractivity contribution in [1.29, 1.82) is 0 Å². The van der Waals surface area contributed by atoms with Crippen molar-refractivity contribution in [1.82, 2.24) is 9.88 Å². The molecule has 0 atom stereocenters. The predicted octanol–water partition coefficient (Wildman–Crippen LogP) is 3.50. The number of nitrogens with one attached hydrogen (secondary N) is 1. The van der Waals surface area contributed by atoms with Gasteiger partial charge in [-0.05, 0) is 44.4 Å². The van der Waals surface area contributed by atoms with Crippen molar-refractivity contribution in [2.45, 2.75) is 0 Å². The lowest BCUT2D eigenvalue weighted by Crippen LogP contribution is -2.21. The van der Waals surface area contributed by atoms with Crippen LogP contribution < -0.4 is 5.32 Å². The summed E-state index contributed by atoms with van der Waals surface area (Å²) in [6, 6.07) is 10.6. The molecule has 0 aliphatic heterocycles. The van der Waals surface area contributed by atoms with Crippen LogP contribution in [0.15, 0.2) is 40.8 Å². The molecule has 0 amide bonds. The van der Waals surface area contributed by atoms with Crippen LogP contribution >= 0.6 is 11.6 Å². The summed E-state index contributed by atoms with van der Waals surface area (Å²) >= 11 is 6.02. The Hall–Kier alpha value is -2.70. The van der Waals surface area contributed by atoms with Gasteiger partial charge in [-0.1, -0.05) is 17.7 Å². The Morgan fingerprint density at radius 3 is 2.81 bits per heavy atom. The van der Waals surface area contributed by atoms with Crippen molar-refractivity contribution in [2.24, 2.45) is 0 Å². The summed E-state index contributed by atoms with van der Waals surface area (Å²) in [5, 5.41) is 3.74. The van der Waals surface area contributed by atoms with Crippen LogP contribution in [0, 0.1) is 0 Å². The first-order valence-corrected chi connectivity index (χ1v) is 8.45. The maximum absolute atomic E-state index is 12.2. The van der Waals surface area contributed by atoms with Gasteiger partial charge >= 0.3 is 0 Å². The van der Waals surface area contributed by atoms with E-state index < -0.39 is 5.78 Å². The number of nitrogens with zero attached hydrogens (tertiary/aromatic N) is 2. The molecule has 3 rings (SSSR count). The standard InChI is InChI=1S/C19H18ClN3O3/c1-23(2)9-8-21-14-6-7-15-18(17(14)16(25)11-24)26-19(22-15)12-4-3-5-13(20)10-12/h3-7,10-11,21H,8-9H2,1-2H3. The Bertz CT molecular complexity index is 966. The predicted molar refractivity (Wildman–Crippen MR) is 102 cm³/mol. The van der Waals surface area contributed by atoms with Gasteiger partial charge in [-0.15, -0.1) is 0 Å². The third kappa shape index (κ3) is 3.76. The summed E-state index contributed by atoms with van der Waals surface area (Å²) in [7, 11) is 3.91. The average molecular weight is 372 g/mol. The number of benzene rings is 2. The number of aromatic nitrogens is 1. The van der Waals surface area contributed by atoms with Gasteiger partial charge in [-0.3, -0.25) is 9.59 Å². The molecular weight excluding hydrogens is 354 g/mol. The number of hydrogen-bond donors (Lipinski definition) is 1. The van der Waals surface area contributed by atoms with Gasteiger partial charge in [0.15, 0.2) is 11.9 Å². The molecule has 0 unspecified atom stereocenters. The van der Waals surface area contributed by atoms with Crippen LogP contribution in [0.5, 0.6) is 0 Å². The minimum atomic E-state index is -0.656. The summed E-state index contributed by atoms with van der Waals surface area (Å²) < 4.78 is 5.83. The second-order valence-electron chi connectivity index (χ2n) is 6.08. The number of oxazole rings is 1. The number of likely N-dealkylation sites (N-methyl/N-ethyl adjacent to an activating group) is 1.